The lowest BCUT2D eigenvalue weighted by molar-refractivity contribution is 0.433. The molecule has 30 heavy (non-hydrogen) atoms. The first-order valence-corrected chi connectivity index (χ1v) is 11.5. The third-order valence-electron chi connectivity index (χ3n) is 4.89. The van der Waals surface area contributed by atoms with Crippen molar-refractivity contribution < 1.29 is 21.9 Å². The molecule has 2 heterocycles. The van der Waals surface area contributed by atoms with Gasteiger partial charge in [0.05, 0.1) is 23.5 Å². The molecule has 9 heteroatoms. The van der Waals surface area contributed by atoms with Crippen LogP contribution in [0.3, 0.4) is 0 Å². The Kier molecular flexibility index (Phi) is 5.55. The topological polar surface area (TPSA) is 71.3 Å². The number of ether oxygens (including phenoxy) is 1. The van der Waals surface area contributed by atoms with Gasteiger partial charge in [-0.1, -0.05) is 6.92 Å². The number of fused-ring (bicyclic) bond motifs is 3. The van der Waals surface area contributed by atoms with Crippen molar-refractivity contribution in [2.24, 2.45) is 9.98 Å². The van der Waals surface area contributed by atoms with Gasteiger partial charge in [-0.3, -0.25) is 4.99 Å². The first-order chi connectivity index (χ1) is 14.4. The standard InChI is InChI=1S/C21H21F2N3O3S/c1-2-10-30(27,28)12-16-17(22)5-7-19(20(16)23)29-14-4-6-18-15(11-14)21-24-8-3-9-26(21)13-25-18/h4-7,11,13H,2-3,8-10,12H2,1H3. The maximum atomic E-state index is 14.9. The first kappa shape index (κ1) is 20.5. The molecule has 0 amide bonds. The highest BCUT2D eigenvalue weighted by Crippen LogP contribution is 2.34. The molecule has 0 saturated carbocycles. The van der Waals surface area contributed by atoms with E-state index in [1.165, 1.54) is 0 Å². The van der Waals surface area contributed by atoms with Gasteiger partial charge in [0.25, 0.3) is 0 Å². The van der Waals surface area contributed by atoms with Crippen LogP contribution in [0.15, 0.2) is 40.3 Å². The van der Waals surface area contributed by atoms with Crippen molar-refractivity contribution in [3.8, 4) is 11.5 Å². The largest absolute Gasteiger partial charge is 0.454 e. The van der Waals surface area contributed by atoms with E-state index in [0.717, 1.165) is 42.2 Å². The van der Waals surface area contributed by atoms with E-state index in [4.69, 9.17) is 4.74 Å². The van der Waals surface area contributed by atoms with Crippen molar-refractivity contribution in [2.45, 2.75) is 25.5 Å². The Morgan fingerprint density at radius 3 is 2.83 bits per heavy atom. The molecule has 2 aliphatic heterocycles. The Hall–Kier alpha value is -2.81. The molecule has 4 rings (SSSR count). The normalized spacial score (nSPS) is 15.4. The Morgan fingerprint density at radius 1 is 1.20 bits per heavy atom. The van der Waals surface area contributed by atoms with Gasteiger partial charge in [-0.15, -0.1) is 0 Å². The minimum absolute atomic E-state index is 0.138. The van der Waals surface area contributed by atoms with Crippen LogP contribution in [0, 0.1) is 11.6 Å². The lowest BCUT2D eigenvalue weighted by atomic mass is 10.1. The third-order valence-corrected chi connectivity index (χ3v) is 6.65. The Morgan fingerprint density at radius 2 is 2.03 bits per heavy atom. The number of hydrogen-bond acceptors (Lipinski definition) is 6. The molecule has 0 saturated heterocycles. The maximum absolute atomic E-state index is 14.9. The van der Waals surface area contributed by atoms with Crippen LogP contribution in [-0.4, -0.2) is 44.3 Å². The second-order valence-electron chi connectivity index (χ2n) is 7.21. The molecule has 0 N–H and O–H groups in total. The Balaban J connectivity index is 1.65. The summed E-state index contributed by atoms with van der Waals surface area (Å²) in [6.45, 7) is 3.23. The maximum Gasteiger partial charge on any atom is 0.172 e. The van der Waals surface area contributed by atoms with E-state index < -0.39 is 32.8 Å². The lowest BCUT2D eigenvalue weighted by Gasteiger charge is -2.29. The lowest BCUT2D eigenvalue weighted by Crippen LogP contribution is -2.36. The van der Waals surface area contributed by atoms with Gasteiger partial charge in [0, 0.05) is 24.2 Å². The van der Waals surface area contributed by atoms with Gasteiger partial charge in [-0.05, 0) is 43.2 Å². The number of amidine groups is 1. The molecule has 0 aromatic heterocycles. The quantitative estimate of drug-likeness (QED) is 0.684. The molecule has 2 aromatic carbocycles. The molecule has 2 aliphatic rings. The van der Waals surface area contributed by atoms with Crippen LogP contribution in [-0.2, 0) is 15.6 Å². The van der Waals surface area contributed by atoms with Crippen LogP contribution >= 0.6 is 0 Å². The Labute approximate surface area is 173 Å². The van der Waals surface area contributed by atoms with Crippen molar-refractivity contribution in [2.75, 3.05) is 18.8 Å². The van der Waals surface area contributed by atoms with E-state index in [0.29, 0.717) is 18.7 Å². The second kappa shape index (κ2) is 8.14. The molecule has 6 nitrogen and oxygen atoms in total. The summed E-state index contributed by atoms with van der Waals surface area (Å²) in [6, 6.07) is 7.25. The minimum atomic E-state index is -3.62. The van der Waals surface area contributed by atoms with Gasteiger partial charge in [0.15, 0.2) is 21.4 Å². The van der Waals surface area contributed by atoms with Gasteiger partial charge in [0.1, 0.15) is 17.4 Å². The molecule has 0 atom stereocenters. The molecule has 158 valence electrons. The molecule has 2 aromatic rings. The molecule has 0 unspecified atom stereocenters. The molecule has 0 fully saturated rings. The van der Waals surface area contributed by atoms with E-state index in [9.17, 15) is 17.2 Å². The Bertz CT molecular complexity index is 1150. The summed E-state index contributed by atoms with van der Waals surface area (Å²) in [5.74, 6) is -1.90. The van der Waals surface area contributed by atoms with E-state index in [2.05, 4.69) is 9.98 Å². The zero-order valence-corrected chi connectivity index (χ0v) is 17.3. The SMILES string of the molecule is CCCS(=O)(=O)Cc1c(F)ccc(Oc2ccc3c(c2)C2=NCCCN2C=N3)c1F. The van der Waals surface area contributed by atoms with Gasteiger partial charge >= 0.3 is 0 Å². The molecule has 0 aliphatic carbocycles. The number of hydrogen-bond donors (Lipinski definition) is 0. The van der Waals surface area contributed by atoms with Gasteiger partial charge in [-0.25, -0.2) is 22.2 Å². The number of sulfone groups is 1. The van der Waals surface area contributed by atoms with Crippen molar-refractivity contribution in [3.05, 3.63) is 53.1 Å². The summed E-state index contributed by atoms with van der Waals surface area (Å²) in [4.78, 5) is 10.9. The molecular formula is C21H21F2N3O3S. The summed E-state index contributed by atoms with van der Waals surface area (Å²) in [5.41, 5.74) is 0.986. The highest BCUT2D eigenvalue weighted by atomic mass is 32.2. The number of rotatable bonds is 6. The highest BCUT2D eigenvalue weighted by molar-refractivity contribution is 7.90. The fourth-order valence-corrected chi connectivity index (χ4v) is 4.97. The van der Waals surface area contributed by atoms with E-state index in [-0.39, 0.29) is 11.5 Å². The van der Waals surface area contributed by atoms with Crippen LogP contribution in [0.25, 0.3) is 0 Å². The predicted molar refractivity (Wildman–Crippen MR) is 112 cm³/mol. The molecular weight excluding hydrogens is 412 g/mol. The van der Waals surface area contributed by atoms with E-state index >= 15 is 0 Å². The number of aliphatic imine (C=N–C) groups is 2. The fourth-order valence-electron chi connectivity index (χ4n) is 3.49. The first-order valence-electron chi connectivity index (χ1n) is 9.73. The summed E-state index contributed by atoms with van der Waals surface area (Å²) < 4.78 is 58.9. The predicted octanol–water partition coefficient (Wildman–Crippen LogP) is 4.21. The average molecular weight is 433 g/mol. The van der Waals surface area contributed by atoms with Gasteiger partial charge in [-0.2, -0.15) is 0 Å². The third kappa shape index (κ3) is 4.07. The van der Waals surface area contributed by atoms with Crippen LogP contribution in [0.1, 0.15) is 30.9 Å². The van der Waals surface area contributed by atoms with Crippen LogP contribution in [0.4, 0.5) is 14.5 Å². The van der Waals surface area contributed by atoms with E-state index in [1.54, 1.807) is 31.5 Å². The summed E-state index contributed by atoms with van der Waals surface area (Å²) in [5, 5.41) is 0. The van der Waals surface area contributed by atoms with Crippen molar-refractivity contribution >= 4 is 27.7 Å². The number of nitrogens with zero attached hydrogens (tertiary/aromatic N) is 3. The summed E-state index contributed by atoms with van der Waals surface area (Å²) in [7, 11) is -3.62. The molecule has 0 spiro atoms. The van der Waals surface area contributed by atoms with Crippen molar-refractivity contribution in [1.82, 2.24) is 4.90 Å². The van der Waals surface area contributed by atoms with Crippen molar-refractivity contribution in [3.63, 3.8) is 0 Å². The summed E-state index contributed by atoms with van der Waals surface area (Å²) >= 11 is 0. The average Bonchev–Trinajstić information content (AvgIpc) is 2.73. The monoisotopic (exact) mass is 433 g/mol. The number of benzene rings is 2. The second-order valence-corrected chi connectivity index (χ2v) is 9.39. The zero-order valence-electron chi connectivity index (χ0n) is 16.4. The molecule has 0 radical (unpaired) electrons. The highest BCUT2D eigenvalue weighted by Gasteiger charge is 2.24. The van der Waals surface area contributed by atoms with E-state index in [1.807, 2.05) is 4.90 Å². The van der Waals surface area contributed by atoms with Crippen LogP contribution in [0.5, 0.6) is 11.5 Å². The van der Waals surface area contributed by atoms with Gasteiger partial charge in [0.2, 0.25) is 0 Å². The van der Waals surface area contributed by atoms with Crippen LogP contribution < -0.4 is 4.74 Å². The minimum Gasteiger partial charge on any atom is -0.454 e. The molecule has 0 bridgehead atoms. The summed E-state index contributed by atoms with van der Waals surface area (Å²) in [6.07, 6.45) is 3.05. The fraction of sp³-hybridized carbons (Fsp3) is 0.333. The van der Waals surface area contributed by atoms with Crippen LogP contribution in [0.2, 0.25) is 0 Å². The van der Waals surface area contributed by atoms with Crippen molar-refractivity contribution in [1.29, 1.82) is 0 Å². The van der Waals surface area contributed by atoms with Gasteiger partial charge < -0.3 is 9.64 Å². The number of halogens is 2. The smallest absolute Gasteiger partial charge is 0.172 e. The zero-order chi connectivity index (χ0) is 21.3.